The van der Waals surface area contributed by atoms with E-state index in [2.05, 4.69) is 43.8 Å². The van der Waals surface area contributed by atoms with Gasteiger partial charge in [0.2, 0.25) is 5.91 Å². The molecule has 1 atom stereocenters. The molecule has 1 aliphatic rings. The van der Waals surface area contributed by atoms with E-state index in [-0.39, 0.29) is 5.91 Å². The highest BCUT2D eigenvalue weighted by atomic mass is 79.9. The van der Waals surface area contributed by atoms with Crippen LogP contribution in [-0.2, 0) is 16.8 Å². The predicted molar refractivity (Wildman–Crippen MR) is 134 cm³/mol. The molecule has 0 aliphatic carbocycles. The summed E-state index contributed by atoms with van der Waals surface area (Å²) in [6.07, 6.45) is 3.92. The first-order chi connectivity index (χ1) is 15.9. The van der Waals surface area contributed by atoms with Crippen LogP contribution in [0.5, 0.6) is 0 Å². The number of aliphatic hydroxyl groups is 1. The molecule has 1 saturated heterocycles. The Morgan fingerprint density at radius 3 is 2.91 bits per heavy atom. The molecule has 1 amide bonds. The van der Waals surface area contributed by atoms with Gasteiger partial charge in [0.25, 0.3) is 0 Å². The lowest BCUT2D eigenvalue weighted by molar-refractivity contribution is -0.130. The van der Waals surface area contributed by atoms with Crippen molar-refractivity contribution in [1.82, 2.24) is 19.9 Å². The van der Waals surface area contributed by atoms with Gasteiger partial charge < -0.3 is 10.0 Å². The van der Waals surface area contributed by atoms with Crippen LogP contribution in [-0.4, -0.2) is 44.0 Å². The molecule has 4 aromatic rings. The van der Waals surface area contributed by atoms with Gasteiger partial charge in [-0.2, -0.15) is 0 Å². The molecule has 0 saturated carbocycles. The third kappa shape index (κ3) is 4.47. The molecule has 170 valence electrons. The number of halogens is 1. The highest BCUT2D eigenvalue weighted by molar-refractivity contribution is 9.10. The number of hydrogen-bond donors (Lipinski definition) is 1. The Balaban J connectivity index is 1.29. The second-order valence-electron chi connectivity index (χ2n) is 8.68. The quantitative estimate of drug-likeness (QED) is 0.408. The maximum atomic E-state index is 13.1. The molecule has 33 heavy (non-hydrogen) atoms. The van der Waals surface area contributed by atoms with E-state index in [0.29, 0.717) is 38.0 Å². The first-order valence-electron chi connectivity index (χ1n) is 11.1. The van der Waals surface area contributed by atoms with Gasteiger partial charge in [-0.25, -0.2) is 4.68 Å². The van der Waals surface area contributed by atoms with Gasteiger partial charge in [0.05, 0.1) is 18.3 Å². The third-order valence-corrected chi connectivity index (χ3v) is 7.95. The average Bonchev–Trinajstić information content (AvgIpc) is 3.39. The van der Waals surface area contributed by atoms with Crippen molar-refractivity contribution in [3.63, 3.8) is 0 Å². The van der Waals surface area contributed by atoms with E-state index in [1.54, 1.807) is 16.0 Å². The highest BCUT2D eigenvalue weighted by Crippen LogP contribution is 2.33. The Hall–Kier alpha value is -2.55. The van der Waals surface area contributed by atoms with Crippen LogP contribution in [0, 0.1) is 6.92 Å². The number of thiophene rings is 1. The van der Waals surface area contributed by atoms with Gasteiger partial charge in [-0.15, -0.1) is 16.4 Å². The fraction of sp³-hybridized carbons (Fsp3) is 0.320. The van der Waals surface area contributed by atoms with Gasteiger partial charge in [0, 0.05) is 22.3 Å². The summed E-state index contributed by atoms with van der Waals surface area (Å²) in [7, 11) is 0. The number of likely N-dealkylation sites (tertiary alicyclic amines) is 1. The molecule has 8 heteroatoms. The van der Waals surface area contributed by atoms with E-state index < -0.39 is 5.60 Å². The Morgan fingerprint density at radius 1 is 1.21 bits per heavy atom. The summed E-state index contributed by atoms with van der Waals surface area (Å²) in [4.78, 5) is 15.0. The number of benzene rings is 2. The predicted octanol–water partition coefficient (Wildman–Crippen LogP) is 5.00. The SMILES string of the molecule is Cc1cc(Br)ccc1-n1cc(C2(O)CCCN(C(=O)Cc3csc4ccccc34)CC2)nn1. The Kier molecular flexibility index (Phi) is 6.07. The number of carbonyl (C=O) groups excluding carboxylic acids is 1. The number of carbonyl (C=O) groups is 1. The van der Waals surface area contributed by atoms with Crippen LogP contribution in [0.2, 0.25) is 0 Å². The topological polar surface area (TPSA) is 71.2 Å². The zero-order valence-electron chi connectivity index (χ0n) is 18.4. The van der Waals surface area contributed by atoms with Crippen LogP contribution in [0.3, 0.4) is 0 Å². The molecule has 6 nitrogen and oxygen atoms in total. The van der Waals surface area contributed by atoms with Crippen LogP contribution in [0.1, 0.15) is 36.1 Å². The minimum atomic E-state index is -1.09. The largest absolute Gasteiger partial charge is 0.383 e. The van der Waals surface area contributed by atoms with Crippen LogP contribution in [0.15, 0.2) is 58.5 Å². The van der Waals surface area contributed by atoms with Gasteiger partial charge >= 0.3 is 0 Å². The summed E-state index contributed by atoms with van der Waals surface area (Å²) in [5, 5.41) is 23.3. The van der Waals surface area contributed by atoms with Crippen molar-refractivity contribution in [3.8, 4) is 5.69 Å². The summed E-state index contributed by atoms with van der Waals surface area (Å²) in [5.41, 5.74) is 2.53. The molecule has 0 bridgehead atoms. The summed E-state index contributed by atoms with van der Waals surface area (Å²) >= 11 is 5.16. The molecule has 0 radical (unpaired) electrons. The fourth-order valence-corrected chi connectivity index (χ4v) is 5.98. The molecule has 1 fully saturated rings. The van der Waals surface area contributed by atoms with Gasteiger partial charge in [0.15, 0.2) is 0 Å². The van der Waals surface area contributed by atoms with Crippen molar-refractivity contribution >= 4 is 43.3 Å². The first-order valence-corrected chi connectivity index (χ1v) is 12.7. The lowest BCUT2D eigenvalue weighted by Crippen LogP contribution is -2.34. The maximum absolute atomic E-state index is 13.1. The number of nitrogens with zero attached hydrogens (tertiary/aromatic N) is 4. The zero-order chi connectivity index (χ0) is 23.0. The Bertz CT molecular complexity index is 1320. The smallest absolute Gasteiger partial charge is 0.227 e. The first kappa shape index (κ1) is 22.3. The summed E-state index contributed by atoms with van der Waals surface area (Å²) < 4.78 is 3.92. The third-order valence-electron chi connectivity index (χ3n) is 6.45. The van der Waals surface area contributed by atoms with E-state index in [1.807, 2.05) is 48.4 Å². The Labute approximate surface area is 205 Å². The van der Waals surface area contributed by atoms with Crippen molar-refractivity contribution in [2.24, 2.45) is 0 Å². The van der Waals surface area contributed by atoms with Crippen LogP contribution in [0.4, 0.5) is 0 Å². The lowest BCUT2D eigenvalue weighted by atomic mass is 9.92. The average molecular weight is 525 g/mol. The maximum Gasteiger partial charge on any atom is 0.227 e. The summed E-state index contributed by atoms with van der Waals surface area (Å²) in [5.74, 6) is 0.108. The van der Waals surface area contributed by atoms with E-state index in [4.69, 9.17) is 0 Å². The van der Waals surface area contributed by atoms with E-state index in [1.165, 1.54) is 4.70 Å². The second-order valence-corrected chi connectivity index (χ2v) is 10.5. The van der Waals surface area contributed by atoms with Crippen LogP contribution < -0.4 is 0 Å². The molecule has 2 aromatic carbocycles. The number of aromatic nitrogens is 3. The molecule has 3 heterocycles. The summed E-state index contributed by atoms with van der Waals surface area (Å²) in [6, 6.07) is 14.2. The number of amides is 1. The van der Waals surface area contributed by atoms with Crippen LogP contribution in [0.25, 0.3) is 15.8 Å². The molecule has 0 spiro atoms. The molecular formula is C25H25BrN4O2S. The van der Waals surface area contributed by atoms with Crippen molar-refractivity contribution in [1.29, 1.82) is 0 Å². The van der Waals surface area contributed by atoms with Crippen molar-refractivity contribution < 1.29 is 9.90 Å². The van der Waals surface area contributed by atoms with Crippen molar-refractivity contribution in [2.75, 3.05) is 13.1 Å². The van der Waals surface area contributed by atoms with Crippen molar-refractivity contribution in [3.05, 3.63) is 75.3 Å². The fourth-order valence-electron chi connectivity index (χ4n) is 4.54. The summed E-state index contributed by atoms with van der Waals surface area (Å²) in [6.45, 7) is 3.16. The highest BCUT2D eigenvalue weighted by Gasteiger charge is 2.36. The Morgan fingerprint density at radius 2 is 2.06 bits per heavy atom. The molecular weight excluding hydrogens is 500 g/mol. The standard InChI is InChI=1S/C25H25BrN4O2S/c1-17-13-19(26)7-8-21(17)30-15-23(27-28-30)25(32)9-4-11-29(12-10-25)24(31)14-18-16-33-22-6-3-2-5-20(18)22/h2-3,5-8,13,15-16,32H,4,9-12,14H2,1H3. The number of rotatable bonds is 4. The molecule has 1 N–H and O–H groups in total. The monoisotopic (exact) mass is 524 g/mol. The molecule has 1 unspecified atom stereocenters. The van der Waals surface area contributed by atoms with Gasteiger partial charge in [-0.05, 0) is 72.3 Å². The number of fused-ring (bicyclic) bond motifs is 1. The zero-order valence-corrected chi connectivity index (χ0v) is 20.8. The minimum absolute atomic E-state index is 0.108. The van der Waals surface area contributed by atoms with E-state index in [0.717, 1.165) is 33.1 Å². The van der Waals surface area contributed by atoms with Crippen LogP contribution >= 0.6 is 27.3 Å². The minimum Gasteiger partial charge on any atom is -0.383 e. The number of hydrogen-bond acceptors (Lipinski definition) is 5. The molecule has 1 aliphatic heterocycles. The van der Waals surface area contributed by atoms with Crippen molar-refractivity contribution in [2.45, 2.75) is 38.2 Å². The normalized spacial score (nSPS) is 19.1. The second kappa shape index (κ2) is 9.00. The van der Waals surface area contributed by atoms with E-state index >= 15 is 0 Å². The van der Waals surface area contributed by atoms with E-state index in [9.17, 15) is 9.90 Å². The van der Waals surface area contributed by atoms with Gasteiger partial charge in [-0.1, -0.05) is 39.3 Å². The van der Waals surface area contributed by atoms with Gasteiger partial charge in [-0.3, -0.25) is 4.79 Å². The molecule has 5 rings (SSSR count). The lowest BCUT2D eigenvalue weighted by Gasteiger charge is -2.24. The number of aryl methyl sites for hydroxylation is 1. The van der Waals surface area contributed by atoms with Gasteiger partial charge in [0.1, 0.15) is 11.3 Å². The molecule has 2 aromatic heterocycles.